The molecular formula is C30H36N6O6. The summed E-state index contributed by atoms with van der Waals surface area (Å²) in [7, 11) is 0. The zero-order valence-corrected chi connectivity index (χ0v) is 24.7. The van der Waals surface area contributed by atoms with Crippen molar-refractivity contribution in [2.45, 2.75) is 78.2 Å². The Labute approximate surface area is 244 Å². The first-order valence-corrected chi connectivity index (χ1v) is 13.8. The van der Waals surface area contributed by atoms with Crippen molar-refractivity contribution in [1.82, 2.24) is 25.3 Å². The third-order valence-electron chi connectivity index (χ3n) is 6.49. The Morgan fingerprint density at radius 2 is 1.83 bits per heavy atom. The van der Waals surface area contributed by atoms with E-state index in [0.29, 0.717) is 37.3 Å². The molecule has 12 nitrogen and oxygen atoms in total. The summed E-state index contributed by atoms with van der Waals surface area (Å²) in [5.41, 5.74) is 2.88. The SMILES string of the molecule is CC(C)Oc1ncc(-c2nc(-c3ccc4c(c3)CCN(C(=O)C(NC(=O)OC(C)(C)C)C(C)O)CC4)no2)cc1C#N. The van der Waals surface area contributed by atoms with Gasteiger partial charge in [-0.05, 0) is 77.6 Å². The average molecular weight is 577 g/mol. The van der Waals surface area contributed by atoms with Crippen LogP contribution < -0.4 is 10.1 Å². The molecule has 0 bridgehead atoms. The molecule has 42 heavy (non-hydrogen) atoms. The van der Waals surface area contributed by atoms with Crippen LogP contribution in [0.25, 0.3) is 22.8 Å². The maximum Gasteiger partial charge on any atom is 0.408 e. The molecule has 4 rings (SSSR count). The van der Waals surface area contributed by atoms with E-state index in [1.165, 1.54) is 13.1 Å². The number of nitrogens with zero attached hydrogens (tertiary/aromatic N) is 5. The highest BCUT2D eigenvalue weighted by molar-refractivity contribution is 5.86. The summed E-state index contributed by atoms with van der Waals surface area (Å²) in [6, 6.07) is 8.41. The zero-order valence-electron chi connectivity index (χ0n) is 24.7. The molecule has 2 atom stereocenters. The van der Waals surface area contributed by atoms with E-state index in [1.807, 2.05) is 32.0 Å². The van der Waals surface area contributed by atoms with Crippen molar-refractivity contribution in [3.05, 3.63) is 47.2 Å². The molecule has 2 unspecified atom stereocenters. The molecule has 222 valence electrons. The summed E-state index contributed by atoms with van der Waals surface area (Å²) < 4.78 is 16.3. The average Bonchev–Trinajstić information content (AvgIpc) is 3.31. The molecule has 2 N–H and O–H groups in total. The summed E-state index contributed by atoms with van der Waals surface area (Å²) in [5.74, 6) is 0.469. The van der Waals surface area contributed by atoms with E-state index in [2.05, 4.69) is 26.5 Å². The van der Waals surface area contributed by atoms with Crippen LogP contribution in [-0.2, 0) is 22.4 Å². The van der Waals surface area contributed by atoms with Gasteiger partial charge in [-0.25, -0.2) is 9.78 Å². The Bertz CT molecular complexity index is 1490. The number of aliphatic hydroxyl groups is 1. The summed E-state index contributed by atoms with van der Waals surface area (Å²) in [6.45, 7) is 11.2. The quantitative estimate of drug-likeness (QED) is 0.424. The zero-order chi connectivity index (χ0) is 30.6. The number of carbonyl (C=O) groups excluding carboxylic acids is 2. The molecule has 3 aromatic rings. The van der Waals surface area contributed by atoms with Crippen LogP contribution in [0.15, 0.2) is 35.0 Å². The van der Waals surface area contributed by atoms with Crippen molar-refractivity contribution >= 4 is 12.0 Å². The third kappa shape index (κ3) is 7.41. The number of fused-ring (bicyclic) bond motifs is 1. The highest BCUT2D eigenvalue weighted by Gasteiger charge is 2.32. The lowest BCUT2D eigenvalue weighted by atomic mass is 10.00. The predicted molar refractivity (Wildman–Crippen MR) is 152 cm³/mol. The molecule has 0 aliphatic carbocycles. The van der Waals surface area contributed by atoms with Crippen molar-refractivity contribution in [2.24, 2.45) is 0 Å². The summed E-state index contributed by atoms with van der Waals surface area (Å²) >= 11 is 0. The van der Waals surface area contributed by atoms with Gasteiger partial charge in [-0.3, -0.25) is 4.79 Å². The highest BCUT2D eigenvalue weighted by Crippen LogP contribution is 2.28. The molecule has 0 saturated carbocycles. The number of ether oxygens (including phenoxy) is 2. The number of amides is 2. The number of nitrogens with one attached hydrogen (secondary N) is 1. The van der Waals surface area contributed by atoms with Crippen LogP contribution in [0.3, 0.4) is 0 Å². The number of nitriles is 1. The first-order chi connectivity index (χ1) is 19.8. The van der Waals surface area contributed by atoms with E-state index in [1.54, 1.807) is 31.7 Å². The predicted octanol–water partition coefficient (Wildman–Crippen LogP) is 3.66. The molecule has 0 radical (unpaired) electrons. The lowest BCUT2D eigenvalue weighted by Gasteiger charge is -2.29. The van der Waals surface area contributed by atoms with Gasteiger partial charge in [0.25, 0.3) is 5.89 Å². The number of aromatic nitrogens is 3. The second-order valence-corrected chi connectivity index (χ2v) is 11.5. The van der Waals surface area contributed by atoms with Gasteiger partial charge in [-0.1, -0.05) is 17.3 Å². The Balaban J connectivity index is 1.47. The molecule has 2 amide bonds. The smallest absolute Gasteiger partial charge is 0.408 e. The molecule has 0 fully saturated rings. The first kappa shape index (κ1) is 30.5. The standard InChI is InChI=1S/C30H36N6O6/c1-17(2)40-26-22(15-31)14-23(16-32-26)27-34-25(35-42-27)21-8-7-19-9-11-36(12-10-20(19)13-21)28(38)24(18(3)37)33-29(39)41-30(4,5)6/h7-8,13-14,16-18,24,37H,9-12H2,1-6H3,(H,33,39). The van der Waals surface area contributed by atoms with Crippen molar-refractivity contribution in [2.75, 3.05) is 13.1 Å². The van der Waals surface area contributed by atoms with Gasteiger partial charge >= 0.3 is 6.09 Å². The summed E-state index contributed by atoms with van der Waals surface area (Å²) in [4.78, 5) is 36.0. The number of rotatable bonds is 7. The van der Waals surface area contributed by atoms with E-state index in [0.717, 1.165) is 16.7 Å². The normalized spacial score (nSPS) is 14.8. The molecule has 1 aliphatic rings. The van der Waals surface area contributed by atoms with Crippen LogP contribution in [0.2, 0.25) is 0 Å². The lowest BCUT2D eigenvalue weighted by Crippen LogP contribution is -2.55. The van der Waals surface area contributed by atoms with Gasteiger partial charge in [0.15, 0.2) is 0 Å². The Kier molecular flexibility index (Phi) is 9.11. The van der Waals surface area contributed by atoms with Crippen molar-refractivity contribution < 1.29 is 28.7 Å². The molecule has 12 heteroatoms. The van der Waals surface area contributed by atoms with Crippen LogP contribution in [0.4, 0.5) is 4.79 Å². The molecule has 0 saturated heterocycles. The number of alkyl carbamates (subject to hydrolysis) is 1. The topological polar surface area (TPSA) is 164 Å². The van der Waals surface area contributed by atoms with Gasteiger partial charge in [-0.15, -0.1) is 0 Å². The minimum Gasteiger partial charge on any atom is -0.474 e. The molecule has 1 aromatic carbocycles. The summed E-state index contributed by atoms with van der Waals surface area (Å²) in [5, 5.41) is 26.4. The van der Waals surface area contributed by atoms with Crippen molar-refractivity contribution in [1.29, 1.82) is 5.26 Å². The van der Waals surface area contributed by atoms with Gasteiger partial charge in [-0.2, -0.15) is 10.2 Å². The number of hydrogen-bond donors (Lipinski definition) is 2. The number of aliphatic hydroxyl groups excluding tert-OH is 1. The van der Waals surface area contributed by atoms with E-state index in [-0.39, 0.29) is 29.3 Å². The fourth-order valence-electron chi connectivity index (χ4n) is 4.53. The molecular weight excluding hydrogens is 540 g/mol. The Morgan fingerprint density at radius 3 is 2.48 bits per heavy atom. The van der Waals surface area contributed by atoms with Crippen LogP contribution in [0, 0.1) is 11.3 Å². The summed E-state index contributed by atoms with van der Waals surface area (Å²) in [6.07, 6.45) is 0.696. The number of hydrogen-bond acceptors (Lipinski definition) is 10. The number of carbonyl (C=O) groups is 2. The van der Waals surface area contributed by atoms with Gasteiger partial charge < -0.3 is 29.3 Å². The third-order valence-corrected chi connectivity index (χ3v) is 6.49. The molecule has 1 aliphatic heterocycles. The van der Waals surface area contributed by atoms with Crippen LogP contribution >= 0.6 is 0 Å². The van der Waals surface area contributed by atoms with E-state index < -0.39 is 23.8 Å². The molecule has 3 heterocycles. The first-order valence-electron chi connectivity index (χ1n) is 13.8. The second-order valence-electron chi connectivity index (χ2n) is 11.5. The Hall–Kier alpha value is -4.50. The minimum absolute atomic E-state index is 0.127. The number of pyridine rings is 1. The largest absolute Gasteiger partial charge is 0.474 e. The van der Waals surface area contributed by atoms with Crippen LogP contribution in [0.1, 0.15) is 58.2 Å². The van der Waals surface area contributed by atoms with Crippen molar-refractivity contribution in [3.63, 3.8) is 0 Å². The Morgan fingerprint density at radius 1 is 1.12 bits per heavy atom. The van der Waals surface area contributed by atoms with Crippen LogP contribution in [0.5, 0.6) is 5.88 Å². The fraction of sp³-hybridized carbons (Fsp3) is 0.467. The maximum atomic E-state index is 13.3. The van der Waals surface area contributed by atoms with Gasteiger partial charge in [0.2, 0.25) is 17.6 Å². The van der Waals surface area contributed by atoms with E-state index in [4.69, 9.17) is 14.0 Å². The lowest BCUT2D eigenvalue weighted by molar-refractivity contribution is -0.136. The number of benzene rings is 1. The van der Waals surface area contributed by atoms with E-state index >= 15 is 0 Å². The fourth-order valence-corrected chi connectivity index (χ4v) is 4.53. The molecule has 2 aromatic heterocycles. The van der Waals surface area contributed by atoms with Crippen molar-refractivity contribution in [3.8, 4) is 34.8 Å². The van der Waals surface area contributed by atoms with Crippen LogP contribution in [-0.4, -0.2) is 74.1 Å². The molecule has 0 spiro atoms. The van der Waals surface area contributed by atoms with Gasteiger partial charge in [0, 0.05) is 24.8 Å². The highest BCUT2D eigenvalue weighted by atomic mass is 16.6. The second kappa shape index (κ2) is 12.6. The van der Waals surface area contributed by atoms with Gasteiger partial charge in [0.1, 0.15) is 23.3 Å². The maximum absolute atomic E-state index is 13.3. The van der Waals surface area contributed by atoms with Gasteiger partial charge in [0.05, 0.1) is 17.8 Å². The minimum atomic E-state index is -1.13. The monoisotopic (exact) mass is 576 g/mol. The van der Waals surface area contributed by atoms with E-state index in [9.17, 15) is 20.0 Å².